The molecule has 0 saturated carbocycles. The molecule has 1 aromatic rings. The summed E-state index contributed by atoms with van der Waals surface area (Å²) in [5.74, 6) is 1.06. The third kappa shape index (κ3) is 19.9. The van der Waals surface area contributed by atoms with Gasteiger partial charge in [-0.25, -0.2) is 0 Å². The van der Waals surface area contributed by atoms with E-state index < -0.39 is 0 Å². The first-order valence-electron chi connectivity index (χ1n) is 18.9. The number of hydrogen-bond donors (Lipinski definition) is 4. The Kier molecular flexibility index (Phi) is 25.1. The Hall–Kier alpha value is -1.58. The summed E-state index contributed by atoms with van der Waals surface area (Å²) < 4.78 is 23.1. The van der Waals surface area contributed by atoms with Crippen molar-refractivity contribution < 1.29 is 39.4 Å². The SMILES string of the molecule is OCCCCCCCCOCCCCCCCCOCCCCCCCCOC(CCCCCCCO)c1c(O)cc2c(c1O)O2. The van der Waals surface area contributed by atoms with Crippen molar-refractivity contribution in [3.05, 3.63) is 11.6 Å². The summed E-state index contributed by atoms with van der Waals surface area (Å²) in [4.78, 5) is 0. The lowest BCUT2D eigenvalue weighted by Crippen LogP contribution is -2.07. The van der Waals surface area contributed by atoms with Crippen LogP contribution in [0.25, 0.3) is 0 Å². The quantitative estimate of drug-likeness (QED) is 0.0429. The molecule has 268 valence electrons. The van der Waals surface area contributed by atoms with Crippen LogP contribution < -0.4 is 4.74 Å². The van der Waals surface area contributed by atoms with Crippen molar-refractivity contribution in [2.24, 2.45) is 0 Å². The monoisotopic (exact) mass is 652 g/mol. The van der Waals surface area contributed by atoms with Crippen LogP contribution in [0, 0.1) is 0 Å². The molecule has 1 unspecified atom stereocenters. The number of rotatable bonds is 35. The van der Waals surface area contributed by atoms with E-state index in [0.29, 0.717) is 30.3 Å². The van der Waals surface area contributed by atoms with Crippen LogP contribution in [0.2, 0.25) is 0 Å². The van der Waals surface area contributed by atoms with Crippen molar-refractivity contribution in [2.45, 2.75) is 160 Å². The molecule has 1 heterocycles. The van der Waals surface area contributed by atoms with Crippen LogP contribution >= 0.6 is 0 Å². The predicted molar refractivity (Wildman–Crippen MR) is 185 cm³/mol. The van der Waals surface area contributed by atoms with Gasteiger partial charge in [0.15, 0.2) is 11.5 Å². The molecule has 8 nitrogen and oxygen atoms in total. The molecule has 1 atom stereocenters. The summed E-state index contributed by atoms with van der Waals surface area (Å²) in [6.07, 6.45) is 26.5. The fourth-order valence-electron chi connectivity index (χ4n) is 5.97. The van der Waals surface area contributed by atoms with Crippen molar-refractivity contribution in [3.63, 3.8) is 0 Å². The molecule has 0 aliphatic carbocycles. The molecule has 0 aromatic heterocycles. The number of unbranched alkanes of at least 4 members (excludes halogenated alkanes) is 19. The molecule has 0 saturated heterocycles. The number of ether oxygens (including phenoxy) is 4. The molecule has 1 aliphatic heterocycles. The Morgan fingerprint density at radius 2 is 0.891 bits per heavy atom. The highest BCUT2D eigenvalue weighted by molar-refractivity contribution is 5.69. The number of phenolic OH excluding ortho intramolecular Hbond substituents is 2. The Morgan fingerprint density at radius 3 is 1.35 bits per heavy atom. The Bertz CT molecular complexity index is 848. The third-order valence-corrected chi connectivity index (χ3v) is 8.88. The number of benzene rings is 1. The van der Waals surface area contributed by atoms with E-state index in [1.807, 2.05) is 0 Å². The molecule has 0 fully saturated rings. The average molecular weight is 653 g/mol. The third-order valence-electron chi connectivity index (χ3n) is 8.88. The highest BCUT2D eigenvalue weighted by Crippen LogP contribution is 2.58. The van der Waals surface area contributed by atoms with Gasteiger partial charge in [0.1, 0.15) is 5.75 Å². The maximum Gasteiger partial charge on any atom is 0.212 e. The number of aliphatic hydroxyl groups is 2. The van der Waals surface area contributed by atoms with Gasteiger partial charge in [-0.3, -0.25) is 0 Å². The Labute approximate surface area is 280 Å². The van der Waals surface area contributed by atoms with E-state index in [9.17, 15) is 10.2 Å². The molecule has 2 rings (SSSR count). The van der Waals surface area contributed by atoms with Gasteiger partial charge >= 0.3 is 0 Å². The van der Waals surface area contributed by atoms with Crippen LogP contribution in [0.3, 0.4) is 0 Å². The smallest absolute Gasteiger partial charge is 0.212 e. The largest absolute Gasteiger partial charge is 0.507 e. The van der Waals surface area contributed by atoms with E-state index in [-0.39, 0.29) is 24.2 Å². The lowest BCUT2D eigenvalue weighted by atomic mass is 10.00. The van der Waals surface area contributed by atoms with E-state index in [1.54, 1.807) is 6.07 Å². The van der Waals surface area contributed by atoms with Gasteiger partial charge < -0.3 is 39.4 Å². The molecule has 0 spiro atoms. The molecule has 1 aromatic carbocycles. The van der Waals surface area contributed by atoms with E-state index in [2.05, 4.69) is 0 Å². The molecule has 4 N–H and O–H groups in total. The first kappa shape index (κ1) is 40.6. The number of aromatic hydroxyl groups is 2. The van der Waals surface area contributed by atoms with Crippen molar-refractivity contribution in [1.29, 1.82) is 0 Å². The average Bonchev–Trinajstić information content (AvgIpc) is 3.83. The Balaban J connectivity index is 1.35. The van der Waals surface area contributed by atoms with Crippen molar-refractivity contribution in [3.8, 4) is 23.0 Å². The normalized spacial score (nSPS) is 12.7. The maximum atomic E-state index is 10.6. The molecular formula is C38H68O8. The van der Waals surface area contributed by atoms with Gasteiger partial charge in [-0.05, 0) is 51.4 Å². The topological polar surface area (TPSA) is 121 Å². The minimum atomic E-state index is -0.344. The molecule has 0 amide bonds. The lowest BCUT2D eigenvalue weighted by Gasteiger charge is -2.20. The van der Waals surface area contributed by atoms with Crippen molar-refractivity contribution in [1.82, 2.24) is 0 Å². The number of aliphatic hydroxyl groups excluding tert-OH is 2. The van der Waals surface area contributed by atoms with Crippen LogP contribution in [0.15, 0.2) is 6.07 Å². The van der Waals surface area contributed by atoms with Gasteiger partial charge in [0.25, 0.3) is 0 Å². The van der Waals surface area contributed by atoms with Gasteiger partial charge in [0, 0.05) is 52.3 Å². The fourth-order valence-corrected chi connectivity index (χ4v) is 5.97. The second-order valence-electron chi connectivity index (χ2n) is 13.0. The van der Waals surface area contributed by atoms with Crippen molar-refractivity contribution in [2.75, 3.05) is 46.2 Å². The second kappa shape index (κ2) is 28.4. The minimum absolute atomic E-state index is 0.0170. The van der Waals surface area contributed by atoms with Crippen LogP contribution in [-0.2, 0) is 14.2 Å². The van der Waals surface area contributed by atoms with E-state index in [0.717, 1.165) is 110 Å². The van der Waals surface area contributed by atoms with Crippen LogP contribution in [0.5, 0.6) is 23.0 Å². The van der Waals surface area contributed by atoms with Gasteiger partial charge in [0.05, 0.1) is 11.7 Å². The predicted octanol–water partition coefficient (Wildman–Crippen LogP) is 9.64. The van der Waals surface area contributed by atoms with Gasteiger partial charge in [0.2, 0.25) is 5.75 Å². The summed E-state index contributed by atoms with van der Waals surface area (Å²) in [5.41, 5.74) is 0.455. The summed E-state index contributed by atoms with van der Waals surface area (Å²) in [7, 11) is 0. The number of phenols is 2. The van der Waals surface area contributed by atoms with Crippen LogP contribution in [0.4, 0.5) is 0 Å². The summed E-state index contributed by atoms with van der Waals surface area (Å²) in [6, 6.07) is 1.57. The van der Waals surface area contributed by atoms with Gasteiger partial charge in [-0.15, -0.1) is 0 Å². The fraction of sp³-hybridized carbons (Fsp3) is 0.842. The lowest BCUT2D eigenvalue weighted by molar-refractivity contribution is 0.0390. The first-order chi connectivity index (χ1) is 22.7. The molecule has 46 heavy (non-hydrogen) atoms. The molecular weight excluding hydrogens is 584 g/mol. The second-order valence-corrected chi connectivity index (χ2v) is 13.0. The summed E-state index contributed by atoms with van der Waals surface area (Å²) in [5, 5.41) is 38.8. The number of fused-ring (bicyclic) bond motifs is 1. The standard InChI is InChI=1S/C38H68O8/c39-25-17-9-1-2-11-19-27-43-28-20-12-3-4-13-21-29-44-30-22-14-5-6-15-23-31-45-34(24-16-8-7-10-18-26-40)36-33(41)32-35-38(46-35)37(36)42/h32,34,39-42H,1-31H2. The Morgan fingerprint density at radius 1 is 0.500 bits per heavy atom. The van der Waals surface area contributed by atoms with Crippen molar-refractivity contribution >= 4 is 0 Å². The molecule has 0 radical (unpaired) electrons. The van der Waals surface area contributed by atoms with Crippen LogP contribution in [-0.4, -0.2) is 66.7 Å². The van der Waals surface area contributed by atoms with Gasteiger partial charge in [-0.2, -0.15) is 0 Å². The molecule has 8 heteroatoms. The zero-order valence-electron chi connectivity index (χ0n) is 29.0. The zero-order valence-corrected chi connectivity index (χ0v) is 29.0. The maximum absolute atomic E-state index is 10.6. The molecule has 1 aliphatic rings. The zero-order chi connectivity index (χ0) is 32.9. The van der Waals surface area contributed by atoms with E-state index in [1.165, 1.54) is 70.6 Å². The summed E-state index contributed by atoms with van der Waals surface area (Å²) in [6.45, 7) is 4.72. The summed E-state index contributed by atoms with van der Waals surface area (Å²) >= 11 is 0. The van der Waals surface area contributed by atoms with E-state index >= 15 is 0 Å². The highest BCUT2D eigenvalue weighted by Gasteiger charge is 2.33. The highest BCUT2D eigenvalue weighted by atomic mass is 16.6. The first-order valence-corrected chi connectivity index (χ1v) is 18.9. The molecule has 0 bridgehead atoms. The van der Waals surface area contributed by atoms with E-state index in [4.69, 9.17) is 29.2 Å². The number of hydrogen-bond acceptors (Lipinski definition) is 8. The minimum Gasteiger partial charge on any atom is -0.507 e. The van der Waals surface area contributed by atoms with Gasteiger partial charge in [-0.1, -0.05) is 103 Å². The van der Waals surface area contributed by atoms with Crippen LogP contribution in [0.1, 0.15) is 166 Å².